The molecule has 0 spiro atoms. The molecular formula is C67H125NO5. The molecule has 2 unspecified atom stereocenters. The van der Waals surface area contributed by atoms with E-state index in [4.69, 9.17) is 4.74 Å². The van der Waals surface area contributed by atoms with E-state index in [9.17, 15) is 19.8 Å². The molecule has 0 bridgehead atoms. The van der Waals surface area contributed by atoms with Crippen molar-refractivity contribution in [2.45, 2.75) is 353 Å². The third-order valence-corrected chi connectivity index (χ3v) is 14.9. The lowest BCUT2D eigenvalue weighted by molar-refractivity contribution is -0.143. The molecule has 0 saturated carbocycles. The van der Waals surface area contributed by atoms with Crippen molar-refractivity contribution in [3.8, 4) is 0 Å². The minimum Gasteiger partial charge on any atom is -0.466 e. The highest BCUT2D eigenvalue weighted by Crippen LogP contribution is 2.18. The zero-order valence-electron chi connectivity index (χ0n) is 48.9. The van der Waals surface area contributed by atoms with Crippen LogP contribution in [0.3, 0.4) is 0 Å². The van der Waals surface area contributed by atoms with Gasteiger partial charge in [-0.2, -0.15) is 0 Å². The Bertz CT molecular complexity index is 1230. The van der Waals surface area contributed by atoms with Crippen LogP contribution in [0.1, 0.15) is 341 Å². The Kier molecular flexibility index (Phi) is 60.5. The predicted octanol–water partition coefficient (Wildman–Crippen LogP) is 20.5. The number of aliphatic hydroxyl groups excluding tert-OH is 2. The number of carbonyl (C=O) groups excluding carboxylic acids is 2. The monoisotopic (exact) mass is 1020 g/mol. The van der Waals surface area contributed by atoms with Gasteiger partial charge in [0.05, 0.1) is 25.4 Å². The van der Waals surface area contributed by atoms with Crippen molar-refractivity contribution in [2.24, 2.45) is 0 Å². The van der Waals surface area contributed by atoms with Crippen LogP contribution >= 0.6 is 0 Å². The Labute approximate surface area is 455 Å². The Balaban J connectivity index is 3.48. The predicted molar refractivity (Wildman–Crippen MR) is 319 cm³/mol. The Morgan fingerprint density at radius 1 is 0.397 bits per heavy atom. The van der Waals surface area contributed by atoms with E-state index in [0.29, 0.717) is 25.9 Å². The standard InChI is InChI=1S/C67H125NO5/c1-3-5-7-9-11-13-15-17-18-19-20-21-22-23-24-26-29-32-36-39-43-47-51-55-59-65(70)64(63-69)68-66(71)60-56-52-48-44-40-37-33-30-27-25-28-31-34-38-42-46-50-54-58-62-73-67(72)61-57-53-49-45-41-35-16-14-12-10-8-6-4-2/h8,10,14,16,31,34,38,42,64-65,69-70H,3-7,9,11-13,15,17-30,32-33,35-37,39-41,43-63H2,1-2H3,(H,68,71)/b10-8-,16-14-,34-31-,42-38-. The van der Waals surface area contributed by atoms with E-state index >= 15 is 0 Å². The molecular weight excluding hydrogens is 899 g/mol. The quantitative estimate of drug-likeness (QED) is 0.0244. The molecule has 6 nitrogen and oxygen atoms in total. The molecule has 0 aliphatic carbocycles. The van der Waals surface area contributed by atoms with Gasteiger partial charge in [-0.05, 0) is 83.5 Å². The second kappa shape index (κ2) is 62.4. The van der Waals surface area contributed by atoms with Crippen LogP contribution in [-0.4, -0.2) is 47.4 Å². The van der Waals surface area contributed by atoms with Gasteiger partial charge in [0.15, 0.2) is 0 Å². The summed E-state index contributed by atoms with van der Waals surface area (Å²) < 4.78 is 5.44. The van der Waals surface area contributed by atoms with Crippen molar-refractivity contribution < 1.29 is 24.5 Å². The van der Waals surface area contributed by atoms with E-state index in [1.807, 2.05) is 0 Å². The summed E-state index contributed by atoms with van der Waals surface area (Å²) in [4.78, 5) is 24.5. The van der Waals surface area contributed by atoms with Gasteiger partial charge in [0.1, 0.15) is 0 Å². The molecule has 0 aromatic rings. The maximum absolute atomic E-state index is 12.5. The number of allylic oxidation sites excluding steroid dienone is 8. The summed E-state index contributed by atoms with van der Waals surface area (Å²) in [7, 11) is 0. The van der Waals surface area contributed by atoms with Crippen molar-refractivity contribution in [1.29, 1.82) is 0 Å². The molecule has 2 atom stereocenters. The smallest absolute Gasteiger partial charge is 0.305 e. The number of rotatable bonds is 60. The van der Waals surface area contributed by atoms with Crippen molar-refractivity contribution in [1.82, 2.24) is 5.32 Å². The average Bonchev–Trinajstić information content (AvgIpc) is 3.39. The first-order valence-corrected chi connectivity index (χ1v) is 32.4. The minimum absolute atomic E-state index is 0.0285. The van der Waals surface area contributed by atoms with Gasteiger partial charge >= 0.3 is 5.97 Å². The molecule has 1 amide bonds. The molecule has 428 valence electrons. The van der Waals surface area contributed by atoms with E-state index in [0.717, 1.165) is 83.5 Å². The van der Waals surface area contributed by atoms with Crippen LogP contribution in [0.2, 0.25) is 0 Å². The second-order valence-corrected chi connectivity index (χ2v) is 22.1. The number of nitrogens with one attached hydrogen (secondary N) is 1. The SMILES string of the molecule is CCC/C=C\C/C=C\CCCCCCCC(=O)OCCCCC/C=C\C=C/CCCCCCCCCCCCC(=O)NC(CO)C(O)CCCCCCCCCCCCCCCCCCCCCCCCCC. The minimum atomic E-state index is -0.674. The third-order valence-electron chi connectivity index (χ3n) is 14.9. The van der Waals surface area contributed by atoms with Gasteiger partial charge in [-0.25, -0.2) is 0 Å². The summed E-state index contributed by atoms with van der Waals surface area (Å²) in [5, 5.41) is 23.4. The highest BCUT2D eigenvalue weighted by atomic mass is 16.5. The van der Waals surface area contributed by atoms with Crippen LogP contribution in [0.25, 0.3) is 0 Å². The van der Waals surface area contributed by atoms with Crippen LogP contribution < -0.4 is 5.32 Å². The number of hydrogen-bond donors (Lipinski definition) is 3. The maximum atomic E-state index is 12.5. The van der Waals surface area contributed by atoms with Crippen LogP contribution in [0, 0.1) is 0 Å². The fraction of sp³-hybridized carbons (Fsp3) is 0.851. The number of carbonyl (C=O) groups is 2. The molecule has 0 fully saturated rings. The van der Waals surface area contributed by atoms with Gasteiger partial charge in [0.2, 0.25) is 5.91 Å². The van der Waals surface area contributed by atoms with E-state index in [2.05, 4.69) is 67.8 Å². The number of hydrogen-bond acceptors (Lipinski definition) is 5. The maximum Gasteiger partial charge on any atom is 0.305 e. The van der Waals surface area contributed by atoms with Gasteiger partial charge in [0, 0.05) is 12.8 Å². The lowest BCUT2D eigenvalue weighted by atomic mass is 10.0. The van der Waals surface area contributed by atoms with Crippen molar-refractivity contribution in [3.63, 3.8) is 0 Å². The van der Waals surface area contributed by atoms with Gasteiger partial charge in [-0.3, -0.25) is 9.59 Å². The van der Waals surface area contributed by atoms with E-state index in [-0.39, 0.29) is 18.5 Å². The summed E-state index contributed by atoms with van der Waals surface area (Å²) in [6.45, 7) is 4.86. The number of aliphatic hydroxyl groups is 2. The number of amides is 1. The van der Waals surface area contributed by atoms with Gasteiger partial charge < -0.3 is 20.3 Å². The fourth-order valence-electron chi connectivity index (χ4n) is 9.91. The van der Waals surface area contributed by atoms with Gasteiger partial charge in [-0.15, -0.1) is 0 Å². The summed E-state index contributed by atoms with van der Waals surface area (Å²) in [6.07, 6.45) is 79.9. The van der Waals surface area contributed by atoms with Gasteiger partial charge in [0.25, 0.3) is 0 Å². The number of esters is 1. The first-order chi connectivity index (χ1) is 36.0. The lowest BCUT2D eigenvalue weighted by Gasteiger charge is -2.22. The molecule has 0 heterocycles. The van der Waals surface area contributed by atoms with Crippen molar-refractivity contribution in [3.05, 3.63) is 48.6 Å². The molecule has 0 rings (SSSR count). The van der Waals surface area contributed by atoms with E-state index in [1.54, 1.807) is 0 Å². The highest BCUT2D eigenvalue weighted by Gasteiger charge is 2.20. The highest BCUT2D eigenvalue weighted by molar-refractivity contribution is 5.76. The second-order valence-electron chi connectivity index (χ2n) is 22.1. The van der Waals surface area contributed by atoms with Crippen LogP contribution in [0.15, 0.2) is 48.6 Å². The summed E-state index contributed by atoms with van der Waals surface area (Å²) >= 11 is 0. The Morgan fingerprint density at radius 3 is 1.18 bits per heavy atom. The van der Waals surface area contributed by atoms with Crippen LogP contribution in [0.4, 0.5) is 0 Å². The molecule has 0 aromatic heterocycles. The lowest BCUT2D eigenvalue weighted by Crippen LogP contribution is -2.45. The van der Waals surface area contributed by atoms with Crippen molar-refractivity contribution >= 4 is 11.9 Å². The first kappa shape index (κ1) is 70.8. The molecule has 73 heavy (non-hydrogen) atoms. The summed E-state index contributed by atoms with van der Waals surface area (Å²) in [5.41, 5.74) is 0. The van der Waals surface area contributed by atoms with Crippen LogP contribution in [0.5, 0.6) is 0 Å². The number of unbranched alkanes of at least 4 members (excludes halogenated alkanes) is 42. The normalized spacial score (nSPS) is 12.9. The van der Waals surface area contributed by atoms with E-state index in [1.165, 1.54) is 225 Å². The van der Waals surface area contributed by atoms with Gasteiger partial charge in [-0.1, -0.05) is 294 Å². The molecule has 0 radical (unpaired) electrons. The first-order valence-electron chi connectivity index (χ1n) is 32.4. The largest absolute Gasteiger partial charge is 0.466 e. The molecule has 0 aromatic carbocycles. The topological polar surface area (TPSA) is 95.9 Å². The number of ether oxygens (including phenoxy) is 1. The van der Waals surface area contributed by atoms with E-state index < -0.39 is 12.1 Å². The Hall–Kier alpha value is -2.18. The Morgan fingerprint density at radius 2 is 0.753 bits per heavy atom. The fourth-order valence-corrected chi connectivity index (χ4v) is 9.91. The summed E-state index contributed by atoms with van der Waals surface area (Å²) in [5.74, 6) is -0.0709. The molecule has 0 aliphatic heterocycles. The average molecular weight is 1020 g/mol. The zero-order chi connectivity index (χ0) is 52.9. The third kappa shape index (κ3) is 58.9. The molecule has 0 saturated heterocycles. The summed E-state index contributed by atoms with van der Waals surface area (Å²) in [6, 6.07) is -0.552. The molecule has 3 N–H and O–H groups in total. The zero-order valence-corrected chi connectivity index (χ0v) is 48.9. The van der Waals surface area contributed by atoms with Crippen molar-refractivity contribution in [2.75, 3.05) is 13.2 Å². The van der Waals surface area contributed by atoms with Crippen LogP contribution in [-0.2, 0) is 14.3 Å². The molecule has 0 aliphatic rings. The molecule has 6 heteroatoms.